The molecule has 2 fully saturated rings. The zero-order chi connectivity index (χ0) is 11.9. The predicted octanol–water partition coefficient (Wildman–Crippen LogP) is 1.65. The van der Waals surface area contributed by atoms with Crippen LogP contribution in [0.3, 0.4) is 0 Å². The maximum absolute atomic E-state index is 12.3. The highest BCUT2D eigenvalue weighted by Crippen LogP contribution is 2.36. The summed E-state index contributed by atoms with van der Waals surface area (Å²) in [7, 11) is 0. The van der Waals surface area contributed by atoms with E-state index in [1.807, 2.05) is 11.8 Å². The molecule has 0 aromatic heterocycles. The summed E-state index contributed by atoms with van der Waals surface area (Å²) in [4.78, 5) is 14.3. The van der Waals surface area contributed by atoms with Crippen LogP contribution in [-0.2, 0) is 4.79 Å². The van der Waals surface area contributed by atoms with Gasteiger partial charge in [0.2, 0.25) is 5.91 Å². The quantitative estimate of drug-likeness (QED) is 0.776. The number of amides is 1. The number of likely N-dealkylation sites (tertiary alicyclic amines) is 1. The Labute approximate surface area is 97.8 Å². The minimum absolute atomic E-state index is 0.108. The largest absolute Gasteiger partial charge is 0.393 e. The number of carbonyl (C=O) groups is 1. The van der Waals surface area contributed by atoms with Crippen molar-refractivity contribution < 1.29 is 9.90 Å². The van der Waals surface area contributed by atoms with E-state index in [0.29, 0.717) is 17.9 Å². The van der Waals surface area contributed by atoms with Gasteiger partial charge in [0, 0.05) is 24.4 Å². The van der Waals surface area contributed by atoms with E-state index >= 15 is 0 Å². The molecule has 0 radical (unpaired) electrons. The van der Waals surface area contributed by atoms with Crippen molar-refractivity contribution in [2.75, 3.05) is 6.54 Å². The smallest absolute Gasteiger partial charge is 0.225 e. The van der Waals surface area contributed by atoms with E-state index in [4.69, 9.17) is 0 Å². The average Bonchev–Trinajstić information content (AvgIpc) is 2.61. The van der Waals surface area contributed by atoms with E-state index < -0.39 is 0 Å². The summed E-state index contributed by atoms with van der Waals surface area (Å²) < 4.78 is 0. The highest BCUT2D eigenvalue weighted by atomic mass is 16.3. The zero-order valence-corrected chi connectivity index (χ0v) is 10.5. The maximum Gasteiger partial charge on any atom is 0.225 e. The second-order valence-electron chi connectivity index (χ2n) is 5.82. The Morgan fingerprint density at radius 3 is 2.56 bits per heavy atom. The lowest BCUT2D eigenvalue weighted by molar-refractivity contribution is -0.137. The van der Waals surface area contributed by atoms with Crippen LogP contribution in [0.25, 0.3) is 0 Å². The lowest BCUT2D eigenvalue weighted by Gasteiger charge is -2.29. The first-order chi connectivity index (χ1) is 7.50. The normalized spacial score (nSPS) is 35.6. The summed E-state index contributed by atoms with van der Waals surface area (Å²) in [6.45, 7) is 6.99. The van der Waals surface area contributed by atoms with Gasteiger partial charge in [-0.1, -0.05) is 20.8 Å². The molecule has 1 amide bonds. The Bertz CT molecular complexity index is 277. The Kier molecular flexibility index (Phi) is 3.24. The molecule has 4 unspecified atom stereocenters. The van der Waals surface area contributed by atoms with Gasteiger partial charge in [-0.15, -0.1) is 0 Å². The van der Waals surface area contributed by atoms with Crippen LogP contribution in [0.2, 0.25) is 0 Å². The highest BCUT2D eigenvalue weighted by molar-refractivity contribution is 5.79. The van der Waals surface area contributed by atoms with Crippen LogP contribution in [0.4, 0.5) is 0 Å². The van der Waals surface area contributed by atoms with Crippen LogP contribution >= 0.6 is 0 Å². The third-order valence-electron chi connectivity index (χ3n) is 4.46. The number of aliphatic hydroxyl groups excluding tert-OH is 1. The molecule has 1 saturated heterocycles. The number of carbonyl (C=O) groups excluding carboxylic acids is 1. The first-order valence-electron chi connectivity index (χ1n) is 6.49. The first kappa shape index (κ1) is 11.9. The molecular formula is C13H23NO2. The lowest BCUT2D eigenvalue weighted by atomic mass is 9.88. The second kappa shape index (κ2) is 4.36. The fraction of sp³-hybridized carbons (Fsp3) is 0.923. The molecule has 1 heterocycles. The van der Waals surface area contributed by atoms with Gasteiger partial charge >= 0.3 is 0 Å². The maximum atomic E-state index is 12.3. The summed E-state index contributed by atoms with van der Waals surface area (Å²) in [5, 5.41) is 9.80. The fourth-order valence-electron chi connectivity index (χ4n) is 2.92. The van der Waals surface area contributed by atoms with Crippen LogP contribution in [-0.4, -0.2) is 34.6 Å². The molecule has 3 nitrogen and oxygen atoms in total. The van der Waals surface area contributed by atoms with E-state index in [0.717, 1.165) is 25.8 Å². The van der Waals surface area contributed by atoms with Crippen LogP contribution in [0.5, 0.6) is 0 Å². The Balaban J connectivity index is 2.04. The van der Waals surface area contributed by atoms with Crippen LogP contribution < -0.4 is 0 Å². The number of nitrogens with zero attached hydrogens (tertiary/aromatic N) is 1. The minimum atomic E-state index is -0.177. The number of fused-ring (bicyclic) bond motifs is 2. The standard InChI is InChI=1S/C13H23NO2/c1-8(2)9(3)13(16)14-7-10-6-11(14)4-5-12(10)15/h8-12,15H,4-7H2,1-3H3. The highest BCUT2D eigenvalue weighted by Gasteiger charge is 2.43. The molecule has 0 aromatic rings. The summed E-state index contributed by atoms with van der Waals surface area (Å²) in [5.41, 5.74) is 0. The summed E-state index contributed by atoms with van der Waals surface area (Å²) in [6, 6.07) is 0.405. The molecule has 16 heavy (non-hydrogen) atoms. The first-order valence-corrected chi connectivity index (χ1v) is 6.49. The van der Waals surface area contributed by atoms with Gasteiger partial charge in [0.15, 0.2) is 0 Å². The van der Waals surface area contributed by atoms with Crippen molar-refractivity contribution in [1.82, 2.24) is 4.90 Å². The Morgan fingerprint density at radius 2 is 2.00 bits per heavy atom. The Morgan fingerprint density at radius 1 is 1.31 bits per heavy atom. The number of aliphatic hydroxyl groups is 1. The summed E-state index contributed by atoms with van der Waals surface area (Å²) in [6.07, 6.45) is 2.68. The monoisotopic (exact) mass is 225 g/mol. The third kappa shape index (κ3) is 1.97. The van der Waals surface area contributed by atoms with E-state index in [1.54, 1.807) is 0 Å². The van der Waals surface area contributed by atoms with Gasteiger partial charge in [0.1, 0.15) is 0 Å². The number of hydrogen-bond donors (Lipinski definition) is 1. The van der Waals surface area contributed by atoms with Crippen molar-refractivity contribution in [3.63, 3.8) is 0 Å². The third-order valence-corrected chi connectivity index (χ3v) is 4.46. The van der Waals surface area contributed by atoms with Gasteiger partial charge in [-0.2, -0.15) is 0 Å². The molecule has 0 aromatic carbocycles. The molecule has 1 saturated carbocycles. The van der Waals surface area contributed by atoms with Crippen molar-refractivity contribution >= 4 is 5.91 Å². The van der Waals surface area contributed by atoms with Gasteiger partial charge in [-0.3, -0.25) is 4.79 Å². The fourth-order valence-corrected chi connectivity index (χ4v) is 2.92. The van der Waals surface area contributed by atoms with Crippen LogP contribution in [0, 0.1) is 17.8 Å². The van der Waals surface area contributed by atoms with Gasteiger partial charge < -0.3 is 10.0 Å². The van der Waals surface area contributed by atoms with Gasteiger partial charge in [-0.05, 0) is 25.2 Å². The molecule has 2 aliphatic rings. The molecule has 92 valence electrons. The SMILES string of the molecule is CC(C)C(C)C(=O)N1CC2CC1CCC2O. The van der Waals surface area contributed by atoms with E-state index in [2.05, 4.69) is 13.8 Å². The summed E-state index contributed by atoms with van der Waals surface area (Å²) >= 11 is 0. The topological polar surface area (TPSA) is 40.5 Å². The Hall–Kier alpha value is -0.570. The van der Waals surface area contributed by atoms with Crippen molar-refractivity contribution in [2.45, 2.75) is 52.2 Å². The zero-order valence-electron chi connectivity index (χ0n) is 10.5. The summed E-state index contributed by atoms with van der Waals surface area (Å²) in [5.74, 6) is 1.13. The number of rotatable bonds is 2. The van der Waals surface area contributed by atoms with Crippen LogP contribution in [0.15, 0.2) is 0 Å². The molecule has 2 rings (SSSR count). The predicted molar refractivity (Wildman–Crippen MR) is 62.9 cm³/mol. The van der Waals surface area contributed by atoms with Crippen molar-refractivity contribution in [3.8, 4) is 0 Å². The molecule has 1 aliphatic heterocycles. The van der Waals surface area contributed by atoms with Gasteiger partial charge in [0.05, 0.1) is 6.10 Å². The molecule has 1 aliphatic carbocycles. The average molecular weight is 225 g/mol. The molecule has 4 atom stereocenters. The lowest BCUT2D eigenvalue weighted by Crippen LogP contribution is -2.40. The molecular weight excluding hydrogens is 202 g/mol. The van der Waals surface area contributed by atoms with Gasteiger partial charge in [0.25, 0.3) is 0 Å². The van der Waals surface area contributed by atoms with Crippen molar-refractivity contribution in [1.29, 1.82) is 0 Å². The van der Waals surface area contributed by atoms with Crippen molar-refractivity contribution in [2.24, 2.45) is 17.8 Å². The molecule has 2 bridgehead atoms. The molecule has 1 N–H and O–H groups in total. The number of hydrogen-bond acceptors (Lipinski definition) is 2. The van der Waals surface area contributed by atoms with E-state index in [9.17, 15) is 9.90 Å². The van der Waals surface area contributed by atoms with Crippen molar-refractivity contribution in [3.05, 3.63) is 0 Å². The molecule has 0 spiro atoms. The van der Waals surface area contributed by atoms with E-state index in [-0.39, 0.29) is 17.9 Å². The minimum Gasteiger partial charge on any atom is -0.393 e. The van der Waals surface area contributed by atoms with E-state index in [1.165, 1.54) is 0 Å². The molecule has 3 heteroatoms. The van der Waals surface area contributed by atoms with Gasteiger partial charge in [-0.25, -0.2) is 0 Å². The second-order valence-corrected chi connectivity index (χ2v) is 5.82. The van der Waals surface area contributed by atoms with Crippen LogP contribution in [0.1, 0.15) is 40.0 Å².